The lowest BCUT2D eigenvalue weighted by molar-refractivity contribution is 0.101. The maximum Gasteiger partial charge on any atom is 0.278 e. The predicted octanol–water partition coefficient (Wildman–Crippen LogP) is 3.45. The highest BCUT2D eigenvalue weighted by atomic mass is 32.2. The summed E-state index contributed by atoms with van der Waals surface area (Å²) in [7, 11) is 3.39. The van der Waals surface area contributed by atoms with Gasteiger partial charge in [-0.2, -0.15) is 5.10 Å². The van der Waals surface area contributed by atoms with Crippen molar-refractivity contribution in [2.75, 3.05) is 12.4 Å². The van der Waals surface area contributed by atoms with E-state index in [2.05, 4.69) is 35.6 Å². The van der Waals surface area contributed by atoms with Crippen molar-refractivity contribution in [3.63, 3.8) is 0 Å². The normalized spacial score (nSPS) is 10.8. The van der Waals surface area contributed by atoms with Crippen molar-refractivity contribution in [3.8, 4) is 5.75 Å². The van der Waals surface area contributed by atoms with E-state index in [-0.39, 0.29) is 5.69 Å². The van der Waals surface area contributed by atoms with Crippen LogP contribution < -0.4 is 10.1 Å². The molecule has 4 rings (SSSR count). The lowest BCUT2D eigenvalue weighted by Crippen LogP contribution is -2.16. The van der Waals surface area contributed by atoms with Crippen LogP contribution in [0.25, 0.3) is 0 Å². The number of aryl methyl sites for hydroxylation is 2. The Morgan fingerprint density at radius 1 is 1.19 bits per heavy atom. The van der Waals surface area contributed by atoms with Crippen LogP contribution >= 0.6 is 23.5 Å². The number of carbonyl (C=O) groups is 1. The number of H-pyrrole nitrogens is 1. The average molecular weight is 469 g/mol. The number of aromatic nitrogens is 7. The zero-order chi connectivity index (χ0) is 22.5. The van der Waals surface area contributed by atoms with Crippen molar-refractivity contribution >= 4 is 35.2 Å². The largest absolute Gasteiger partial charge is 0.497 e. The minimum Gasteiger partial charge on any atom is -0.497 e. The zero-order valence-corrected chi connectivity index (χ0v) is 19.2. The third kappa shape index (κ3) is 5.26. The second kappa shape index (κ2) is 9.83. The number of methoxy groups -OCH3 is 1. The summed E-state index contributed by atoms with van der Waals surface area (Å²) in [6.07, 6.45) is 4.10. The van der Waals surface area contributed by atoms with Crippen LogP contribution in [-0.4, -0.2) is 47.9 Å². The molecular formula is C20H20N8O2S2. The highest BCUT2D eigenvalue weighted by Crippen LogP contribution is 2.32. The zero-order valence-electron chi connectivity index (χ0n) is 17.6. The number of benzene rings is 1. The monoisotopic (exact) mass is 468 g/mol. The molecule has 0 aliphatic heterocycles. The molecule has 2 N–H and O–H groups in total. The SMILES string of the molecule is CCc1nc(Sc2cnc(Sc3ccc(OC)cc3)c(C(=O)Nc3ccn(C)n3)n2)n[nH]1. The molecule has 3 heterocycles. The molecule has 164 valence electrons. The first-order chi connectivity index (χ1) is 15.5. The van der Waals surface area contributed by atoms with Crippen LogP contribution in [-0.2, 0) is 13.5 Å². The number of amides is 1. The van der Waals surface area contributed by atoms with E-state index in [9.17, 15) is 4.79 Å². The summed E-state index contributed by atoms with van der Waals surface area (Å²) < 4.78 is 6.81. The first-order valence-corrected chi connectivity index (χ1v) is 11.3. The summed E-state index contributed by atoms with van der Waals surface area (Å²) in [6.45, 7) is 1.99. The Balaban J connectivity index is 1.62. The van der Waals surface area contributed by atoms with E-state index < -0.39 is 5.91 Å². The van der Waals surface area contributed by atoms with Gasteiger partial charge in [-0.15, -0.1) is 5.10 Å². The first-order valence-electron chi connectivity index (χ1n) is 9.63. The van der Waals surface area contributed by atoms with Crippen LogP contribution in [0.15, 0.2) is 62.8 Å². The summed E-state index contributed by atoms with van der Waals surface area (Å²) in [4.78, 5) is 27.4. The Kier molecular flexibility index (Phi) is 6.71. The maximum absolute atomic E-state index is 13.0. The molecule has 1 amide bonds. The molecule has 0 aliphatic carbocycles. The number of hydrogen-bond donors (Lipinski definition) is 2. The second-order valence-corrected chi connectivity index (χ2v) is 8.54. The standard InChI is InChI=1S/C20H20N8O2S2/c1-4-14-23-20(26-25-14)32-16-11-21-19(31-13-7-5-12(30-3)6-8-13)17(24-16)18(29)22-15-9-10-28(2)27-15/h5-11H,4H2,1-3H3,(H,22,27,29)(H,23,25,26). The van der Waals surface area contributed by atoms with Crippen molar-refractivity contribution in [3.05, 3.63) is 54.2 Å². The fraction of sp³-hybridized carbons (Fsp3) is 0.200. The lowest BCUT2D eigenvalue weighted by atomic mass is 10.3. The molecule has 0 saturated heterocycles. The summed E-state index contributed by atoms with van der Waals surface area (Å²) in [5.74, 6) is 1.55. The van der Waals surface area contributed by atoms with Gasteiger partial charge in [-0.25, -0.2) is 15.0 Å². The third-order valence-electron chi connectivity index (χ3n) is 4.20. The Labute approximate surface area is 192 Å². The van der Waals surface area contributed by atoms with Crippen LogP contribution in [0.5, 0.6) is 5.75 Å². The number of hydrogen-bond acceptors (Lipinski definition) is 9. The minimum atomic E-state index is -0.404. The molecule has 0 saturated carbocycles. The molecule has 0 atom stereocenters. The molecule has 0 fully saturated rings. The van der Waals surface area contributed by atoms with Gasteiger partial charge in [0.1, 0.15) is 21.6 Å². The van der Waals surface area contributed by atoms with Gasteiger partial charge in [0.15, 0.2) is 11.5 Å². The van der Waals surface area contributed by atoms with Gasteiger partial charge in [0.25, 0.3) is 5.91 Å². The van der Waals surface area contributed by atoms with Gasteiger partial charge >= 0.3 is 0 Å². The topological polar surface area (TPSA) is 124 Å². The van der Waals surface area contributed by atoms with E-state index in [1.807, 2.05) is 31.2 Å². The van der Waals surface area contributed by atoms with Crippen LogP contribution in [0.2, 0.25) is 0 Å². The smallest absolute Gasteiger partial charge is 0.278 e. The molecular weight excluding hydrogens is 448 g/mol. The van der Waals surface area contributed by atoms with Crippen molar-refractivity contribution in [1.29, 1.82) is 0 Å². The lowest BCUT2D eigenvalue weighted by Gasteiger charge is -2.09. The molecule has 0 unspecified atom stereocenters. The first kappa shape index (κ1) is 21.8. The van der Waals surface area contributed by atoms with Crippen LogP contribution in [0.4, 0.5) is 5.82 Å². The fourth-order valence-corrected chi connectivity index (χ4v) is 4.13. The quantitative estimate of drug-likeness (QED) is 0.400. The molecule has 10 nitrogen and oxygen atoms in total. The van der Waals surface area contributed by atoms with E-state index in [0.717, 1.165) is 22.9 Å². The van der Waals surface area contributed by atoms with Gasteiger partial charge in [0, 0.05) is 30.6 Å². The van der Waals surface area contributed by atoms with E-state index in [4.69, 9.17) is 4.74 Å². The second-order valence-electron chi connectivity index (χ2n) is 6.49. The number of aromatic amines is 1. The molecule has 32 heavy (non-hydrogen) atoms. The van der Waals surface area contributed by atoms with E-state index in [1.165, 1.54) is 23.5 Å². The Hall–Kier alpha value is -3.38. The summed E-state index contributed by atoms with van der Waals surface area (Å²) in [5, 5.41) is 15.5. The molecule has 0 bridgehead atoms. The van der Waals surface area contributed by atoms with E-state index >= 15 is 0 Å². The fourth-order valence-electron chi connectivity index (χ4n) is 2.62. The van der Waals surface area contributed by atoms with E-state index in [1.54, 1.807) is 37.3 Å². The van der Waals surface area contributed by atoms with Crippen molar-refractivity contribution in [2.45, 2.75) is 33.4 Å². The molecule has 0 aliphatic rings. The Morgan fingerprint density at radius 2 is 2.00 bits per heavy atom. The van der Waals surface area contributed by atoms with Crippen LogP contribution in [0, 0.1) is 0 Å². The van der Waals surface area contributed by atoms with Gasteiger partial charge in [0.2, 0.25) is 5.16 Å². The minimum absolute atomic E-state index is 0.188. The summed E-state index contributed by atoms with van der Waals surface area (Å²) in [5.41, 5.74) is 0.188. The van der Waals surface area contributed by atoms with Crippen molar-refractivity contribution in [1.82, 2.24) is 34.9 Å². The van der Waals surface area contributed by atoms with Gasteiger partial charge in [-0.05, 0) is 36.0 Å². The Morgan fingerprint density at radius 3 is 2.66 bits per heavy atom. The molecule has 4 aromatic rings. The number of rotatable bonds is 8. The van der Waals surface area contributed by atoms with Crippen molar-refractivity contribution < 1.29 is 9.53 Å². The molecule has 0 radical (unpaired) electrons. The number of carbonyl (C=O) groups excluding carboxylic acids is 1. The van der Waals surface area contributed by atoms with Crippen LogP contribution in [0.1, 0.15) is 23.2 Å². The molecule has 12 heteroatoms. The number of nitrogens with one attached hydrogen (secondary N) is 2. The van der Waals surface area contributed by atoms with E-state index in [0.29, 0.717) is 21.0 Å². The summed E-state index contributed by atoms with van der Waals surface area (Å²) in [6, 6.07) is 9.20. The highest BCUT2D eigenvalue weighted by Gasteiger charge is 2.19. The van der Waals surface area contributed by atoms with Crippen LogP contribution in [0.3, 0.4) is 0 Å². The summed E-state index contributed by atoms with van der Waals surface area (Å²) >= 11 is 2.57. The maximum atomic E-state index is 13.0. The van der Waals surface area contributed by atoms with Gasteiger partial charge in [-0.3, -0.25) is 14.6 Å². The number of ether oxygens (including phenoxy) is 1. The predicted molar refractivity (Wildman–Crippen MR) is 120 cm³/mol. The number of anilines is 1. The number of nitrogens with zero attached hydrogens (tertiary/aromatic N) is 6. The Bertz CT molecular complexity index is 1220. The van der Waals surface area contributed by atoms with Gasteiger partial charge < -0.3 is 10.1 Å². The molecule has 3 aromatic heterocycles. The molecule has 1 aromatic carbocycles. The van der Waals surface area contributed by atoms with Gasteiger partial charge in [-0.1, -0.05) is 18.7 Å². The third-order valence-corrected chi connectivity index (χ3v) is 5.97. The van der Waals surface area contributed by atoms with Crippen molar-refractivity contribution in [2.24, 2.45) is 7.05 Å². The molecule has 0 spiro atoms. The van der Waals surface area contributed by atoms with Gasteiger partial charge in [0.05, 0.1) is 13.3 Å². The highest BCUT2D eigenvalue weighted by molar-refractivity contribution is 7.99. The average Bonchev–Trinajstić information content (AvgIpc) is 3.43.